The molecule has 0 unspecified atom stereocenters. The molecule has 0 aromatic rings. The first kappa shape index (κ1) is 38.2. The van der Waals surface area contributed by atoms with E-state index in [4.69, 9.17) is 18.9 Å². The summed E-state index contributed by atoms with van der Waals surface area (Å²) in [4.78, 5) is 34.2. The molecule has 0 amide bonds. The molecule has 9 atom stereocenters. The highest BCUT2D eigenvalue weighted by Gasteiger charge is 2.51. The lowest BCUT2D eigenvalue weighted by Gasteiger charge is -2.47. The van der Waals surface area contributed by atoms with Gasteiger partial charge in [0.1, 0.15) is 24.3 Å². The molecule has 0 aromatic heterocycles. The lowest BCUT2D eigenvalue weighted by Crippen LogP contribution is -2.59. The third-order valence-electron chi connectivity index (χ3n) is 10.5. The normalized spacial score (nSPS) is 38.8. The van der Waals surface area contributed by atoms with E-state index in [0.717, 1.165) is 39.0 Å². The van der Waals surface area contributed by atoms with Gasteiger partial charge in [0.25, 0.3) is 0 Å². The largest absolute Gasteiger partial charge is 0.463 e. The van der Waals surface area contributed by atoms with Gasteiger partial charge in [0.05, 0.1) is 17.8 Å². The number of cyclic esters (lactones) is 1. The van der Waals surface area contributed by atoms with Gasteiger partial charge in [-0.3, -0.25) is 14.5 Å². The summed E-state index contributed by atoms with van der Waals surface area (Å²) in [5.41, 5.74) is -2.36. The summed E-state index contributed by atoms with van der Waals surface area (Å²) >= 11 is 0. The third kappa shape index (κ3) is 9.67. The number of esters is 1. The summed E-state index contributed by atoms with van der Waals surface area (Å²) < 4.78 is 38.5. The van der Waals surface area contributed by atoms with E-state index in [1.165, 1.54) is 0 Å². The molecular weight excluding hydrogens is 581 g/mol. The van der Waals surface area contributed by atoms with Gasteiger partial charge in [-0.1, -0.05) is 13.8 Å². The Balaban J connectivity index is 1.86. The van der Waals surface area contributed by atoms with E-state index in [9.17, 15) is 19.1 Å². The maximum Gasteiger partial charge on any atom is 0.319 e. The van der Waals surface area contributed by atoms with Gasteiger partial charge in [-0.05, 0) is 99.8 Å². The lowest BCUT2D eigenvalue weighted by atomic mass is 9.74. The maximum atomic E-state index is 14.2. The maximum absolute atomic E-state index is 14.2. The summed E-state index contributed by atoms with van der Waals surface area (Å²) in [5.74, 6) is -1.51. The minimum Gasteiger partial charge on any atom is -0.463 e. The third-order valence-corrected chi connectivity index (χ3v) is 10.5. The van der Waals surface area contributed by atoms with Crippen LogP contribution in [-0.2, 0) is 28.5 Å². The highest BCUT2D eigenvalue weighted by atomic mass is 19.1. The number of likely N-dealkylation sites (N-methyl/N-ethyl adjacent to an activating group) is 2. The van der Waals surface area contributed by atoms with Gasteiger partial charge in [-0.2, -0.15) is 0 Å². The molecule has 0 aliphatic carbocycles. The van der Waals surface area contributed by atoms with Crippen molar-refractivity contribution in [2.24, 2.45) is 17.3 Å². The Morgan fingerprint density at radius 1 is 1.11 bits per heavy atom. The predicted molar refractivity (Wildman–Crippen MR) is 172 cm³/mol. The fourth-order valence-corrected chi connectivity index (χ4v) is 7.57. The smallest absolute Gasteiger partial charge is 0.319 e. The Morgan fingerprint density at radius 3 is 2.36 bits per heavy atom. The average Bonchev–Trinajstić information content (AvgIpc) is 2.98. The first-order valence-corrected chi connectivity index (χ1v) is 17.0. The van der Waals surface area contributed by atoms with E-state index < -0.39 is 47.6 Å². The predicted octanol–water partition coefficient (Wildman–Crippen LogP) is 3.53. The quantitative estimate of drug-likeness (QED) is 0.312. The number of rotatable bonds is 8. The van der Waals surface area contributed by atoms with Gasteiger partial charge in [0, 0.05) is 44.7 Å². The molecule has 3 rings (SSSR count). The summed E-state index contributed by atoms with van der Waals surface area (Å²) in [5, 5.41) is 11.3. The number of hydrogen-bond donors (Lipinski definition) is 1. The molecular formula is C34H62FN3O7. The van der Waals surface area contributed by atoms with Crippen LogP contribution in [0, 0.1) is 17.3 Å². The van der Waals surface area contributed by atoms with Crippen molar-refractivity contribution in [3.05, 3.63) is 0 Å². The average molecular weight is 644 g/mol. The Labute approximate surface area is 271 Å². The van der Waals surface area contributed by atoms with Crippen LogP contribution in [0.25, 0.3) is 0 Å². The highest BCUT2D eigenvalue weighted by molar-refractivity contribution is 6.04. The molecule has 45 heavy (non-hydrogen) atoms. The molecule has 0 aromatic carbocycles. The van der Waals surface area contributed by atoms with Crippen LogP contribution in [0.2, 0.25) is 0 Å². The second-order valence-corrected chi connectivity index (χ2v) is 15.1. The van der Waals surface area contributed by atoms with E-state index in [1.54, 1.807) is 27.9 Å². The molecule has 3 saturated heterocycles. The molecule has 0 spiro atoms. The van der Waals surface area contributed by atoms with Crippen molar-refractivity contribution >= 4 is 11.8 Å². The monoisotopic (exact) mass is 643 g/mol. The van der Waals surface area contributed by atoms with Crippen molar-refractivity contribution in [1.29, 1.82) is 0 Å². The fraction of sp³-hybridized carbons (Fsp3) is 0.941. The first-order valence-electron chi connectivity index (χ1n) is 17.0. The molecule has 0 radical (unpaired) electrons. The molecule has 1 N–H and O–H groups in total. The Bertz CT molecular complexity index is 962. The van der Waals surface area contributed by atoms with Crippen LogP contribution in [-0.4, -0.2) is 141 Å². The number of nitrogens with zero attached hydrogens (tertiary/aromatic N) is 3. The number of halogens is 1. The van der Waals surface area contributed by atoms with Gasteiger partial charge in [0.15, 0.2) is 12.1 Å². The molecule has 10 nitrogen and oxygen atoms in total. The Morgan fingerprint density at radius 2 is 1.76 bits per heavy atom. The molecule has 262 valence electrons. The van der Waals surface area contributed by atoms with Crippen LogP contribution < -0.4 is 0 Å². The van der Waals surface area contributed by atoms with Gasteiger partial charge < -0.3 is 33.9 Å². The molecule has 3 aliphatic rings. The van der Waals surface area contributed by atoms with Crippen molar-refractivity contribution in [2.75, 3.05) is 61.0 Å². The fourth-order valence-electron chi connectivity index (χ4n) is 7.57. The summed E-state index contributed by atoms with van der Waals surface area (Å²) in [6, 6.07) is -0.213. The van der Waals surface area contributed by atoms with Crippen LogP contribution >= 0.6 is 0 Å². The summed E-state index contributed by atoms with van der Waals surface area (Å²) in [6.45, 7) is 14.4. The van der Waals surface area contributed by atoms with Gasteiger partial charge >= 0.3 is 5.97 Å². The zero-order valence-electron chi connectivity index (χ0n) is 29.6. The van der Waals surface area contributed by atoms with Gasteiger partial charge in [0.2, 0.25) is 0 Å². The second kappa shape index (κ2) is 16.3. The topological polar surface area (TPSA) is 101 Å². The zero-order chi connectivity index (χ0) is 33.7. The standard InChI is InChI=1S/C34H62FN3O7/c1-22-19-34(6,42-10)30(45-31-28(39)27(36(7)8)18-23(2)44-31)24(3)29(40)33(4,5)32(41)43-21-26(37(9)20-22)12-11-15-38-16-13-25(35)14-17-38/h22-28,30-31,39H,11-21H2,1-10H3/t22-,23-,24+,26+,27+,28-,30-,31+,34-/m1/s1. The van der Waals surface area contributed by atoms with Crippen LogP contribution in [0.5, 0.6) is 0 Å². The number of Topliss-reactive ketones (excluding diaryl/α,β-unsaturated/α-hetero) is 1. The molecule has 0 bridgehead atoms. The zero-order valence-corrected chi connectivity index (χ0v) is 29.6. The molecule has 0 saturated carbocycles. The van der Waals surface area contributed by atoms with Crippen LogP contribution in [0.4, 0.5) is 4.39 Å². The van der Waals surface area contributed by atoms with Crippen molar-refractivity contribution in [1.82, 2.24) is 14.7 Å². The van der Waals surface area contributed by atoms with Crippen molar-refractivity contribution < 1.29 is 38.0 Å². The minimum absolute atomic E-state index is 0.0321. The number of methoxy groups -OCH3 is 1. The molecule has 3 fully saturated rings. The summed E-state index contributed by atoms with van der Waals surface area (Å²) in [7, 11) is 7.51. The lowest BCUT2D eigenvalue weighted by molar-refractivity contribution is -0.295. The number of likely N-dealkylation sites (tertiary alicyclic amines) is 1. The second-order valence-electron chi connectivity index (χ2n) is 15.1. The highest BCUT2D eigenvalue weighted by Crippen LogP contribution is 2.38. The van der Waals surface area contributed by atoms with Gasteiger partial charge in [-0.25, -0.2) is 4.39 Å². The number of alkyl halides is 1. The number of aliphatic hydroxyl groups is 1. The number of carbonyl (C=O) groups excluding carboxylic acids is 2. The first-order chi connectivity index (χ1) is 21.0. The van der Waals surface area contributed by atoms with Crippen LogP contribution in [0.1, 0.15) is 80.1 Å². The SMILES string of the molecule is CO[C@]1(C)C[C@@H](C)CN(C)[C@@H](CCCN2CCC(F)CC2)COC(=O)C(C)(C)C(=O)[C@H](C)[C@H]1O[C@@H]1O[C@H](C)C[C@H](N(C)C)[C@H]1O. The van der Waals surface area contributed by atoms with E-state index in [1.807, 2.05) is 32.8 Å². The van der Waals surface area contributed by atoms with E-state index in [0.29, 0.717) is 25.7 Å². The van der Waals surface area contributed by atoms with Crippen molar-refractivity contribution in [3.8, 4) is 0 Å². The molecule has 3 heterocycles. The van der Waals surface area contributed by atoms with E-state index in [-0.39, 0.29) is 36.5 Å². The number of piperidine rings is 1. The number of ether oxygens (including phenoxy) is 4. The number of ketones is 1. The Kier molecular flexibility index (Phi) is 13.8. The minimum atomic E-state index is -1.43. The van der Waals surface area contributed by atoms with Gasteiger partial charge in [-0.15, -0.1) is 0 Å². The number of aliphatic hydroxyl groups excluding tert-OH is 1. The van der Waals surface area contributed by atoms with Crippen LogP contribution in [0.15, 0.2) is 0 Å². The van der Waals surface area contributed by atoms with E-state index >= 15 is 0 Å². The van der Waals surface area contributed by atoms with Crippen LogP contribution in [0.3, 0.4) is 0 Å². The molecule has 3 aliphatic heterocycles. The number of carbonyl (C=O) groups is 2. The Hall–Kier alpha value is -1.21. The number of hydrogen-bond acceptors (Lipinski definition) is 10. The summed E-state index contributed by atoms with van der Waals surface area (Å²) in [6.07, 6.45) is 0.535. The van der Waals surface area contributed by atoms with E-state index in [2.05, 4.69) is 23.8 Å². The van der Waals surface area contributed by atoms with Crippen molar-refractivity contribution in [2.45, 2.75) is 129 Å². The van der Waals surface area contributed by atoms with Crippen molar-refractivity contribution in [3.63, 3.8) is 0 Å². The molecule has 11 heteroatoms.